The fourth-order valence-corrected chi connectivity index (χ4v) is 6.96. The zero-order chi connectivity index (χ0) is 19.8. The first kappa shape index (κ1) is 19.0. The molecule has 0 heterocycles. The van der Waals surface area contributed by atoms with Gasteiger partial charge in [0.15, 0.2) is 17.2 Å². The molecule has 0 aromatic carbocycles. The smallest absolute Gasteiger partial charge is 0.192 e. The van der Waals surface area contributed by atoms with E-state index < -0.39 is 41.0 Å². The van der Waals surface area contributed by atoms with E-state index in [0.717, 1.165) is 18.4 Å². The Kier molecular flexibility index (Phi) is 4.10. The number of carbonyl (C=O) groups excluding carboxylic acids is 2. The van der Waals surface area contributed by atoms with Crippen molar-refractivity contribution in [3.05, 3.63) is 23.8 Å². The summed E-state index contributed by atoms with van der Waals surface area (Å²) in [5.74, 6) is -1.09. The van der Waals surface area contributed by atoms with E-state index in [1.807, 2.05) is 13.0 Å². The number of hydrogen-bond acceptors (Lipinski definition) is 6. The van der Waals surface area contributed by atoms with Crippen molar-refractivity contribution in [2.75, 3.05) is 6.61 Å². The van der Waals surface area contributed by atoms with Gasteiger partial charge in [-0.25, -0.2) is 0 Å². The minimum Gasteiger partial charge on any atom is -0.393 e. The number of Topliss-reactive ketones (excluding diaryl/α,β-unsaturated/α-hetero) is 1. The normalized spacial score (nSPS) is 51.3. The van der Waals surface area contributed by atoms with Crippen LogP contribution in [0.2, 0.25) is 0 Å². The van der Waals surface area contributed by atoms with E-state index in [1.54, 1.807) is 19.1 Å². The van der Waals surface area contributed by atoms with Crippen molar-refractivity contribution in [1.29, 1.82) is 0 Å². The Labute approximate surface area is 158 Å². The van der Waals surface area contributed by atoms with E-state index in [-0.39, 0.29) is 36.4 Å². The van der Waals surface area contributed by atoms with Crippen LogP contribution < -0.4 is 0 Å². The molecule has 0 saturated heterocycles. The molecule has 0 aliphatic heterocycles. The van der Waals surface area contributed by atoms with Gasteiger partial charge in [0.25, 0.3) is 0 Å². The van der Waals surface area contributed by atoms with Crippen molar-refractivity contribution < 1.29 is 30.0 Å². The van der Waals surface area contributed by atoms with Gasteiger partial charge >= 0.3 is 0 Å². The van der Waals surface area contributed by atoms with Crippen LogP contribution in [0.4, 0.5) is 0 Å². The molecule has 4 aliphatic carbocycles. The Morgan fingerprint density at radius 2 is 2.00 bits per heavy atom. The summed E-state index contributed by atoms with van der Waals surface area (Å²) in [5.41, 5.74) is -2.46. The summed E-state index contributed by atoms with van der Waals surface area (Å²) >= 11 is 0. The molecule has 4 rings (SSSR count). The third-order valence-electron chi connectivity index (χ3n) is 8.28. The van der Waals surface area contributed by atoms with Crippen LogP contribution in [0.3, 0.4) is 0 Å². The van der Waals surface area contributed by atoms with Gasteiger partial charge < -0.3 is 20.4 Å². The summed E-state index contributed by atoms with van der Waals surface area (Å²) in [6.07, 6.45) is 4.97. The number of allylic oxidation sites excluding steroid dienone is 4. The first-order chi connectivity index (χ1) is 12.6. The average molecular weight is 376 g/mol. The molecule has 0 spiro atoms. The van der Waals surface area contributed by atoms with Crippen LogP contribution in [0.5, 0.6) is 0 Å². The Morgan fingerprint density at radius 3 is 2.67 bits per heavy atom. The predicted octanol–water partition coefficient (Wildman–Crippen LogP) is 0.528. The molecule has 3 fully saturated rings. The summed E-state index contributed by atoms with van der Waals surface area (Å²) in [7, 11) is 0. The lowest BCUT2D eigenvalue weighted by Crippen LogP contribution is -2.63. The maximum Gasteiger partial charge on any atom is 0.192 e. The highest BCUT2D eigenvalue weighted by Crippen LogP contribution is 2.67. The minimum atomic E-state index is -2.05. The Balaban J connectivity index is 1.78. The molecule has 0 unspecified atom stereocenters. The Bertz CT molecular complexity index is 756. The Hall–Kier alpha value is -1.34. The molecule has 0 aromatic rings. The number of aliphatic hydroxyl groups excluding tert-OH is 3. The van der Waals surface area contributed by atoms with Crippen molar-refractivity contribution in [1.82, 2.24) is 0 Å². The van der Waals surface area contributed by atoms with Crippen LogP contribution in [-0.4, -0.2) is 56.4 Å². The summed E-state index contributed by atoms with van der Waals surface area (Å²) in [6.45, 7) is 2.96. The standard InChI is InChI=1S/C21H28O6/c1-19-6-5-12(23)7-11(19)3-4-13-14-8-16(25)21(27,17(26)10-22)20(14,2)9-15(24)18(13)19/h5-7,13-16,18,22,24-25,27H,3-4,8-10H2,1-2H3/t13-,14-,15+,16-,18+,19-,20-,21-/m0/s1. The molecule has 8 atom stereocenters. The molecule has 6 heteroatoms. The molecule has 4 aliphatic rings. The number of aliphatic hydroxyl groups is 4. The van der Waals surface area contributed by atoms with E-state index in [1.165, 1.54) is 0 Å². The van der Waals surface area contributed by atoms with Crippen LogP contribution in [-0.2, 0) is 9.59 Å². The molecular weight excluding hydrogens is 348 g/mol. The second kappa shape index (κ2) is 5.83. The maximum atomic E-state index is 12.4. The van der Waals surface area contributed by atoms with Gasteiger partial charge in [-0.3, -0.25) is 9.59 Å². The first-order valence-electron chi connectivity index (χ1n) is 9.76. The molecule has 148 valence electrons. The molecule has 6 nitrogen and oxygen atoms in total. The largest absolute Gasteiger partial charge is 0.393 e. The van der Waals surface area contributed by atoms with Gasteiger partial charge in [-0.1, -0.05) is 25.5 Å². The van der Waals surface area contributed by atoms with E-state index in [9.17, 15) is 30.0 Å². The van der Waals surface area contributed by atoms with Gasteiger partial charge in [-0.05, 0) is 49.7 Å². The molecule has 4 N–H and O–H groups in total. The van der Waals surface area contributed by atoms with E-state index >= 15 is 0 Å². The number of hydrogen-bond donors (Lipinski definition) is 4. The van der Waals surface area contributed by atoms with Gasteiger partial charge in [0.1, 0.15) is 6.61 Å². The summed E-state index contributed by atoms with van der Waals surface area (Å²) in [4.78, 5) is 24.2. The lowest BCUT2D eigenvalue weighted by Gasteiger charge is -2.59. The topological polar surface area (TPSA) is 115 Å². The number of carbonyl (C=O) groups is 2. The molecule has 0 radical (unpaired) electrons. The molecular formula is C21H28O6. The highest BCUT2D eigenvalue weighted by atomic mass is 16.4. The zero-order valence-corrected chi connectivity index (χ0v) is 15.8. The third kappa shape index (κ3) is 2.21. The Morgan fingerprint density at radius 1 is 1.30 bits per heavy atom. The molecule has 3 saturated carbocycles. The van der Waals surface area contributed by atoms with Crippen LogP contribution in [0.15, 0.2) is 23.8 Å². The van der Waals surface area contributed by atoms with Crippen molar-refractivity contribution in [2.45, 2.75) is 57.3 Å². The van der Waals surface area contributed by atoms with Gasteiger partial charge in [0.05, 0.1) is 12.2 Å². The van der Waals surface area contributed by atoms with Crippen LogP contribution >= 0.6 is 0 Å². The monoisotopic (exact) mass is 376 g/mol. The first-order valence-corrected chi connectivity index (χ1v) is 9.76. The summed E-state index contributed by atoms with van der Waals surface area (Å²) < 4.78 is 0. The fraction of sp³-hybridized carbons (Fsp3) is 0.714. The lowest BCUT2D eigenvalue weighted by atomic mass is 9.46. The van der Waals surface area contributed by atoms with Crippen LogP contribution in [0.1, 0.15) is 39.5 Å². The van der Waals surface area contributed by atoms with Gasteiger partial charge in [0, 0.05) is 16.7 Å². The molecule has 27 heavy (non-hydrogen) atoms. The van der Waals surface area contributed by atoms with E-state index in [0.29, 0.717) is 0 Å². The van der Waals surface area contributed by atoms with Gasteiger partial charge in [-0.2, -0.15) is 0 Å². The lowest BCUT2D eigenvalue weighted by molar-refractivity contribution is -0.190. The number of fused-ring (bicyclic) bond motifs is 5. The third-order valence-corrected chi connectivity index (χ3v) is 8.28. The summed E-state index contributed by atoms with van der Waals surface area (Å²) in [5, 5.41) is 42.3. The highest BCUT2D eigenvalue weighted by Gasteiger charge is 2.71. The average Bonchev–Trinajstić information content (AvgIpc) is 2.82. The zero-order valence-electron chi connectivity index (χ0n) is 15.8. The van der Waals surface area contributed by atoms with Crippen molar-refractivity contribution in [3.8, 4) is 0 Å². The molecule has 0 bridgehead atoms. The summed E-state index contributed by atoms with van der Waals surface area (Å²) in [6, 6.07) is 0. The number of ketones is 2. The number of rotatable bonds is 2. The predicted molar refractivity (Wildman–Crippen MR) is 96.4 cm³/mol. The minimum absolute atomic E-state index is 0.00826. The van der Waals surface area contributed by atoms with E-state index in [4.69, 9.17) is 0 Å². The maximum absolute atomic E-state index is 12.4. The van der Waals surface area contributed by atoms with Crippen LogP contribution in [0, 0.1) is 28.6 Å². The molecule has 0 amide bonds. The second-order valence-electron chi connectivity index (χ2n) is 9.31. The second-order valence-corrected chi connectivity index (χ2v) is 9.31. The van der Waals surface area contributed by atoms with Crippen molar-refractivity contribution >= 4 is 11.6 Å². The van der Waals surface area contributed by atoms with Crippen molar-refractivity contribution in [3.63, 3.8) is 0 Å². The highest BCUT2D eigenvalue weighted by molar-refractivity contribution is 6.01. The van der Waals surface area contributed by atoms with Gasteiger partial charge in [-0.15, -0.1) is 0 Å². The van der Waals surface area contributed by atoms with Gasteiger partial charge in [0.2, 0.25) is 0 Å². The quantitative estimate of drug-likeness (QED) is 0.559. The van der Waals surface area contributed by atoms with Crippen molar-refractivity contribution in [2.24, 2.45) is 28.6 Å². The van der Waals surface area contributed by atoms with E-state index in [2.05, 4.69) is 0 Å². The SMILES string of the molecule is C[C@]12C=CC(=O)C=C1CC[C@@H]1[C@@H]2[C@H](O)C[C@@]2(C)[C@H]1C[C@H](O)[C@]2(O)C(=O)CO. The fourth-order valence-electron chi connectivity index (χ4n) is 6.96. The van der Waals surface area contributed by atoms with Crippen LogP contribution in [0.25, 0.3) is 0 Å². The molecule has 0 aromatic heterocycles.